The molecular formula is C12H14F2O3S. The van der Waals surface area contributed by atoms with Crippen LogP contribution in [-0.4, -0.2) is 18.9 Å². The zero-order chi connectivity index (χ0) is 13.4. The van der Waals surface area contributed by atoms with Gasteiger partial charge in [0.2, 0.25) is 5.92 Å². The molecular weight excluding hydrogens is 262 g/mol. The highest BCUT2D eigenvalue weighted by Crippen LogP contribution is 2.44. The van der Waals surface area contributed by atoms with Crippen LogP contribution in [0.3, 0.4) is 0 Å². The Kier molecular flexibility index (Phi) is 3.42. The third-order valence-corrected chi connectivity index (χ3v) is 4.10. The number of halogens is 2. The van der Waals surface area contributed by atoms with Crippen LogP contribution in [0.5, 0.6) is 0 Å². The van der Waals surface area contributed by atoms with Crippen LogP contribution in [0.1, 0.15) is 24.8 Å². The van der Waals surface area contributed by atoms with Gasteiger partial charge in [-0.1, -0.05) is 12.1 Å². The standard InChI is InChI=1S/C12H14F2O3S/c13-12(14)7-10(8-12)2-1-9-3-5-11(6-4-9)18(15,16)17/h3-6,10H,1-2,7-8H2,(H,15,16,17). The highest BCUT2D eigenvalue weighted by Gasteiger charge is 2.44. The van der Waals surface area contributed by atoms with Gasteiger partial charge in [-0.15, -0.1) is 0 Å². The summed E-state index contributed by atoms with van der Waals surface area (Å²) < 4.78 is 55.6. The summed E-state index contributed by atoms with van der Waals surface area (Å²) in [6.07, 6.45) is 1.24. The average Bonchev–Trinajstić information content (AvgIpc) is 2.22. The Morgan fingerprint density at radius 3 is 2.22 bits per heavy atom. The summed E-state index contributed by atoms with van der Waals surface area (Å²) in [5, 5.41) is 0. The number of hydrogen-bond acceptors (Lipinski definition) is 2. The van der Waals surface area contributed by atoms with E-state index in [0.29, 0.717) is 12.8 Å². The van der Waals surface area contributed by atoms with Gasteiger partial charge in [0.15, 0.2) is 0 Å². The van der Waals surface area contributed by atoms with E-state index in [1.807, 2.05) is 0 Å². The van der Waals surface area contributed by atoms with Crippen molar-refractivity contribution in [2.24, 2.45) is 5.92 Å². The molecule has 1 aliphatic carbocycles. The monoisotopic (exact) mass is 276 g/mol. The maximum Gasteiger partial charge on any atom is 0.294 e. The molecule has 0 atom stereocenters. The largest absolute Gasteiger partial charge is 0.294 e. The molecule has 1 aromatic rings. The van der Waals surface area contributed by atoms with Gasteiger partial charge in [-0.25, -0.2) is 8.78 Å². The van der Waals surface area contributed by atoms with E-state index in [1.54, 1.807) is 12.1 Å². The first-order chi connectivity index (χ1) is 8.26. The Labute approximate surface area is 105 Å². The molecule has 1 saturated carbocycles. The number of hydrogen-bond donors (Lipinski definition) is 1. The predicted octanol–water partition coefficient (Wildman–Crippen LogP) is 2.91. The van der Waals surface area contributed by atoms with E-state index >= 15 is 0 Å². The Hall–Kier alpha value is -1.01. The van der Waals surface area contributed by atoms with E-state index < -0.39 is 16.0 Å². The fourth-order valence-corrected chi connectivity index (χ4v) is 2.67. The van der Waals surface area contributed by atoms with Crippen molar-refractivity contribution < 1.29 is 21.8 Å². The highest BCUT2D eigenvalue weighted by atomic mass is 32.2. The lowest BCUT2D eigenvalue weighted by atomic mass is 9.78. The molecule has 100 valence electrons. The molecule has 0 unspecified atom stereocenters. The molecule has 1 N–H and O–H groups in total. The van der Waals surface area contributed by atoms with E-state index in [0.717, 1.165) is 5.56 Å². The fraction of sp³-hybridized carbons (Fsp3) is 0.500. The number of rotatable bonds is 4. The van der Waals surface area contributed by atoms with E-state index in [1.165, 1.54) is 12.1 Å². The van der Waals surface area contributed by atoms with Gasteiger partial charge in [0.05, 0.1) is 4.90 Å². The first-order valence-corrected chi connectivity index (χ1v) is 7.14. The predicted molar refractivity (Wildman–Crippen MR) is 62.2 cm³/mol. The minimum Gasteiger partial charge on any atom is -0.282 e. The second kappa shape index (κ2) is 4.59. The molecule has 0 bridgehead atoms. The quantitative estimate of drug-likeness (QED) is 0.860. The van der Waals surface area contributed by atoms with E-state index in [-0.39, 0.29) is 23.7 Å². The van der Waals surface area contributed by atoms with Crippen LogP contribution < -0.4 is 0 Å². The van der Waals surface area contributed by atoms with Crippen molar-refractivity contribution in [2.75, 3.05) is 0 Å². The van der Waals surface area contributed by atoms with Gasteiger partial charge in [0.25, 0.3) is 10.1 Å². The normalized spacial score (nSPS) is 19.5. The van der Waals surface area contributed by atoms with Crippen LogP contribution in [0.4, 0.5) is 8.78 Å². The minimum atomic E-state index is -4.16. The molecule has 1 aliphatic rings. The van der Waals surface area contributed by atoms with Crippen LogP contribution in [-0.2, 0) is 16.5 Å². The minimum absolute atomic E-state index is 0.0455. The lowest BCUT2D eigenvalue weighted by Crippen LogP contribution is -2.35. The Balaban J connectivity index is 1.88. The number of aryl methyl sites for hydroxylation is 1. The lowest BCUT2D eigenvalue weighted by molar-refractivity contribution is -0.111. The van der Waals surface area contributed by atoms with Crippen molar-refractivity contribution in [3.8, 4) is 0 Å². The molecule has 0 heterocycles. The summed E-state index contributed by atoms with van der Waals surface area (Å²) in [6, 6.07) is 5.83. The molecule has 1 fully saturated rings. The van der Waals surface area contributed by atoms with Gasteiger partial charge in [0.1, 0.15) is 0 Å². The van der Waals surface area contributed by atoms with E-state index in [2.05, 4.69) is 0 Å². The van der Waals surface area contributed by atoms with E-state index in [9.17, 15) is 17.2 Å². The molecule has 18 heavy (non-hydrogen) atoms. The summed E-state index contributed by atoms with van der Waals surface area (Å²) in [4.78, 5) is -0.151. The summed E-state index contributed by atoms with van der Waals surface area (Å²) in [6.45, 7) is 0. The van der Waals surface area contributed by atoms with Gasteiger partial charge < -0.3 is 0 Å². The molecule has 0 radical (unpaired) electrons. The maximum atomic E-state index is 12.6. The molecule has 0 aliphatic heterocycles. The Morgan fingerprint density at radius 2 is 1.78 bits per heavy atom. The SMILES string of the molecule is O=S(=O)(O)c1ccc(CCC2CC(F)(F)C2)cc1. The molecule has 1 aromatic carbocycles. The number of benzene rings is 1. The second-order valence-electron chi connectivity index (χ2n) is 4.79. The third-order valence-electron chi connectivity index (χ3n) is 3.24. The lowest BCUT2D eigenvalue weighted by Gasteiger charge is -2.34. The molecule has 0 aromatic heterocycles. The molecule has 3 nitrogen and oxygen atoms in total. The second-order valence-corrected chi connectivity index (χ2v) is 6.21. The maximum absolute atomic E-state index is 12.6. The highest BCUT2D eigenvalue weighted by molar-refractivity contribution is 7.85. The summed E-state index contributed by atoms with van der Waals surface area (Å²) in [7, 11) is -4.16. The van der Waals surface area contributed by atoms with Gasteiger partial charge in [-0.05, 0) is 36.5 Å². The first-order valence-electron chi connectivity index (χ1n) is 5.70. The summed E-state index contributed by atoms with van der Waals surface area (Å²) in [5.41, 5.74) is 0.887. The van der Waals surface area contributed by atoms with E-state index in [4.69, 9.17) is 4.55 Å². The third kappa shape index (κ3) is 3.26. The summed E-state index contributed by atoms with van der Waals surface area (Å²) in [5.74, 6) is -2.43. The smallest absolute Gasteiger partial charge is 0.282 e. The van der Waals surface area contributed by atoms with Gasteiger partial charge in [0, 0.05) is 12.8 Å². The van der Waals surface area contributed by atoms with Crippen molar-refractivity contribution >= 4 is 10.1 Å². The molecule has 0 amide bonds. The van der Waals surface area contributed by atoms with Gasteiger partial charge in [-0.2, -0.15) is 8.42 Å². The fourth-order valence-electron chi connectivity index (χ4n) is 2.19. The van der Waals surface area contributed by atoms with Crippen molar-refractivity contribution in [2.45, 2.75) is 36.5 Å². The average molecular weight is 276 g/mol. The van der Waals surface area contributed by atoms with Gasteiger partial charge >= 0.3 is 0 Å². The molecule has 0 saturated heterocycles. The topological polar surface area (TPSA) is 54.4 Å². The van der Waals surface area contributed by atoms with Crippen molar-refractivity contribution in [3.63, 3.8) is 0 Å². The van der Waals surface area contributed by atoms with Crippen LogP contribution in [0, 0.1) is 5.92 Å². The molecule has 6 heteroatoms. The van der Waals surface area contributed by atoms with Crippen LogP contribution >= 0.6 is 0 Å². The van der Waals surface area contributed by atoms with Crippen LogP contribution in [0.15, 0.2) is 29.2 Å². The zero-order valence-corrected chi connectivity index (χ0v) is 10.5. The van der Waals surface area contributed by atoms with Crippen molar-refractivity contribution in [3.05, 3.63) is 29.8 Å². The van der Waals surface area contributed by atoms with Crippen molar-refractivity contribution in [1.29, 1.82) is 0 Å². The summed E-state index contributed by atoms with van der Waals surface area (Å²) >= 11 is 0. The van der Waals surface area contributed by atoms with Gasteiger partial charge in [-0.3, -0.25) is 4.55 Å². The Morgan fingerprint density at radius 1 is 1.22 bits per heavy atom. The van der Waals surface area contributed by atoms with Crippen molar-refractivity contribution in [1.82, 2.24) is 0 Å². The first kappa shape index (κ1) is 13.4. The Bertz CT molecular complexity index is 515. The van der Waals surface area contributed by atoms with Crippen LogP contribution in [0.25, 0.3) is 0 Å². The molecule has 2 rings (SSSR count). The van der Waals surface area contributed by atoms with Crippen LogP contribution in [0.2, 0.25) is 0 Å². The number of alkyl halides is 2. The molecule has 0 spiro atoms. The zero-order valence-electron chi connectivity index (χ0n) is 9.64.